The number of rotatable bonds is 11. The standard InChI is InChI=1S/C26H31NO5/c1-4-23(21(18-29)16-20-8-6-7-9-26(20)31-3)24(5-2)25(10-13-28)22(19-30)17-27-11-14-32-15-12-27/h4-9,13,16,18-19,30H,2,10-12,14-15,17H2,1,3H3/b21-16+,22-19+,23-4-,25-24+. The number of carbonyl (C=O) groups is 2. The Morgan fingerprint density at radius 2 is 1.97 bits per heavy atom. The van der Waals surface area contributed by atoms with E-state index in [1.807, 2.05) is 31.2 Å². The molecule has 0 amide bonds. The summed E-state index contributed by atoms with van der Waals surface area (Å²) in [6.45, 7) is 8.93. The van der Waals surface area contributed by atoms with Crippen molar-refractivity contribution in [3.8, 4) is 5.75 Å². The number of benzene rings is 1. The van der Waals surface area contributed by atoms with Gasteiger partial charge in [-0.05, 0) is 35.8 Å². The zero-order valence-corrected chi connectivity index (χ0v) is 18.8. The number of carbonyl (C=O) groups excluding carboxylic acids is 2. The van der Waals surface area contributed by atoms with Crippen LogP contribution in [0.25, 0.3) is 6.08 Å². The van der Waals surface area contributed by atoms with Gasteiger partial charge in [-0.2, -0.15) is 0 Å². The molecule has 170 valence electrons. The molecule has 0 saturated carbocycles. The third-order valence-electron chi connectivity index (χ3n) is 5.32. The number of para-hydroxylation sites is 1. The second-order valence-corrected chi connectivity index (χ2v) is 7.17. The van der Waals surface area contributed by atoms with Crippen LogP contribution in [0.3, 0.4) is 0 Å². The summed E-state index contributed by atoms with van der Waals surface area (Å²) in [5.74, 6) is 0.641. The summed E-state index contributed by atoms with van der Waals surface area (Å²) >= 11 is 0. The average molecular weight is 438 g/mol. The van der Waals surface area contributed by atoms with E-state index in [1.165, 1.54) is 0 Å². The van der Waals surface area contributed by atoms with Gasteiger partial charge in [0.1, 0.15) is 12.0 Å². The van der Waals surface area contributed by atoms with E-state index in [2.05, 4.69) is 11.5 Å². The van der Waals surface area contributed by atoms with Gasteiger partial charge in [0.05, 0.1) is 26.6 Å². The van der Waals surface area contributed by atoms with Crippen molar-refractivity contribution < 1.29 is 24.2 Å². The average Bonchev–Trinajstić information content (AvgIpc) is 2.84. The zero-order chi connectivity index (χ0) is 23.3. The molecule has 2 rings (SSSR count). The predicted octanol–water partition coefficient (Wildman–Crippen LogP) is 4.07. The number of aldehydes is 2. The lowest BCUT2D eigenvalue weighted by Gasteiger charge is -2.28. The Kier molecular flexibility index (Phi) is 10.4. The molecule has 1 saturated heterocycles. The van der Waals surface area contributed by atoms with Crippen molar-refractivity contribution in [2.45, 2.75) is 13.3 Å². The molecule has 0 aliphatic carbocycles. The van der Waals surface area contributed by atoms with E-state index < -0.39 is 0 Å². The van der Waals surface area contributed by atoms with Gasteiger partial charge in [-0.1, -0.05) is 36.9 Å². The highest BCUT2D eigenvalue weighted by Crippen LogP contribution is 2.31. The van der Waals surface area contributed by atoms with Gasteiger partial charge in [-0.15, -0.1) is 0 Å². The van der Waals surface area contributed by atoms with Gasteiger partial charge >= 0.3 is 0 Å². The molecule has 1 heterocycles. The first-order chi connectivity index (χ1) is 15.6. The molecule has 1 N–H and O–H groups in total. The zero-order valence-electron chi connectivity index (χ0n) is 18.8. The van der Waals surface area contributed by atoms with Gasteiger partial charge in [0.25, 0.3) is 0 Å². The van der Waals surface area contributed by atoms with Crippen LogP contribution in [0.5, 0.6) is 5.75 Å². The lowest BCUT2D eigenvalue weighted by molar-refractivity contribution is -0.107. The molecular weight excluding hydrogens is 406 g/mol. The Hall–Kier alpha value is -3.22. The van der Waals surface area contributed by atoms with Crippen LogP contribution in [0.15, 0.2) is 77.1 Å². The Morgan fingerprint density at radius 3 is 2.53 bits per heavy atom. The van der Waals surface area contributed by atoms with E-state index in [0.29, 0.717) is 53.4 Å². The number of aliphatic hydroxyl groups excluding tert-OH is 1. The number of ether oxygens (including phenoxy) is 2. The van der Waals surface area contributed by atoms with Crippen molar-refractivity contribution in [3.63, 3.8) is 0 Å². The van der Waals surface area contributed by atoms with Gasteiger partial charge in [-0.3, -0.25) is 9.69 Å². The van der Waals surface area contributed by atoms with Crippen molar-refractivity contribution in [3.05, 3.63) is 82.7 Å². The molecule has 0 radical (unpaired) electrons. The maximum absolute atomic E-state index is 12.1. The van der Waals surface area contributed by atoms with Crippen molar-refractivity contribution in [1.29, 1.82) is 0 Å². The molecule has 0 spiro atoms. The quantitative estimate of drug-likeness (QED) is 0.243. The van der Waals surface area contributed by atoms with Crippen LogP contribution in [0.4, 0.5) is 0 Å². The number of hydrogen-bond acceptors (Lipinski definition) is 6. The molecule has 1 aromatic carbocycles. The SMILES string of the molecule is C=CC(/C(=C\C)C(/C=O)=C/c1ccccc1OC)=C(CC=O)\C(=C\O)CN1CCOCC1. The van der Waals surface area contributed by atoms with Crippen molar-refractivity contribution in [1.82, 2.24) is 4.90 Å². The van der Waals surface area contributed by atoms with Crippen molar-refractivity contribution in [2.24, 2.45) is 0 Å². The third-order valence-corrected chi connectivity index (χ3v) is 5.32. The lowest BCUT2D eigenvalue weighted by atomic mass is 9.88. The van der Waals surface area contributed by atoms with Crippen LogP contribution in [-0.2, 0) is 14.3 Å². The number of allylic oxidation sites excluding steroid dienone is 5. The van der Waals surface area contributed by atoms with E-state index in [1.54, 1.807) is 25.3 Å². The molecule has 6 heteroatoms. The minimum absolute atomic E-state index is 0.0796. The lowest BCUT2D eigenvalue weighted by Crippen LogP contribution is -2.37. The summed E-state index contributed by atoms with van der Waals surface area (Å²) in [4.78, 5) is 25.8. The second kappa shape index (κ2) is 13.2. The largest absolute Gasteiger partial charge is 0.515 e. The minimum atomic E-state index is 0.0796. The Balaban J connectivity index is 2.55. The summed E-state index contributed by atoms with van der Waals surface area (Å²) in [5, 5.41) is 10.0. The summed E-state index contributed by atoms with van der Waals surface area (Å²) in [7, 11) is 1.57. The Bertz CT molecular complexity index is 933. The number of aliphatic hydroxyl groups is 1. The molecule has 0 unspecified atom stereocenters. The smallest absolute Gasteiger partial charge is 0.150 e. The highest BCUT2D eigenvalue weighted by Gasteiger charge is 2.20. The Morgan fingerprint density at radius 1 is 1.25 bits per heavy atom. The molecule has 1 fully saturated rings. The normalized spacial score (nSPS) is 16.9. The van der Waals surface area contributed by atoms with E-state index in [9.17, 15) is 14.7 Å². The molecule has 6 nitrogen and oxygen atoms in total. The highest BCUT2D eigenvalue weighted by atomic mass is 16.5. The second-order valence-electron chi connectivity index (χ2n) is 7.17. The maximum atomic E-state index is 12.1. The maximum Gasteiger partial charge on any atom is 0.150 e. The molecule has 0 aromatic heterocycles. The minimum Gasteiger partial charge on any atom is -0.515 e. The van der Waals surface area contributed by atoms with Gasteiger partial charge in [0.2, 0.25) is 0 Å². The molecule has 0 atom stereocenters. The van der Waals surface area contributed by atoms with Gasteiger partial charge in [0, 0.05) is 42.8 Å². The number of hydrogen-bond donors (Lipinski definition) is 1. The molecular formula is C26H31NO5. The van der Waals surface area contributed by atoms with E-state index >= 15 is 0 Å². The van der Waals surface area contributed by atoms with E-state index in [4.69, 9.17) is 9.47 Å². The van der Waals surface area contributed by atoms with Crippen LogP contribution in [-0.4, -0.2) is 62.5 Å². The summed E-state index contributed by atoms with van der Waals surface area (Å²) in [6.07, 6.45) is 7.85. The monoisotopic (exact) mass is 437 g/mol. The van der Waals surface area contributed by atoms with E-state index in [-0.39, 0.29) is 6.42 Å². The first-order valence-corrected chi connectivity index (χ1v) is 10.5. The van der Waals surface area contributed by atoms with Crippen LogP contribution < -0.4 is 4.74 Å². The van der Waals surface area contributed by atoms with Crippen LogP contribution in [0, 0.1) is 0 Å². The third kappa shape index (κ3) is 6.39. The van der Waals surface area contributed by atoms with Crippen LogP contribution in [0.2, 0.25) is 0 Å². The fourth-order valence-corrected chi connectivity index (χ4v) is 3.71. The van der Waals surface area contributed by atoms with Crippen molar-refractivity contribution >= 4 is 18.6 Å². The fourth-order valence-electron chi connectivity index (χ4n) is 3.71. The molecule has 1 aliphatic heterocycles. The number of nitrogens with zero attached hydrogens (tertiary/aromatic N) is 1. The van der Waals surface area contributed by atoms with Crippen molar-refractivity contribution in [2.75, 3.05) is 40.0 Å². The van der Waals surface area contributed by atoms with Gasteiger partial charge in [-0.25, -0.2) is 0 Å². The predicted molar refractivity (Wildman–Crippen MR) is 127 cm³/mol. The fraction of sp³-hybridized carbons (Fsp3) is 0.308. The first kappa shape index (κ1) is 25.0. The van der Waals surface area contributed by atoms with Crippen LogP contribution in [0.1, 0.15) is 18.9 Å². The molecule has 0 bridgehead atoms. The molecule has 32 heavy (non-hydrogen) atoms. The molecule has 1 aromatic rings. The van der Waals surface area contributed by atoms with Gasteiger partial charge < -0.3 is 19.4 Å². The molecule has 1 aliphatic rings. The Labute approximate surface area is 189 Å². The van der Waals surface area contributed by atoms with Gasteiger partial charge in [0.15, 0.2) is 6.29 Å². The summed E-state index contributed by atoms with van der Waals surface area (Å²) in [5.41, 5.74) is 3.66. The first-order valence-electron chi connectivity index (χ1n) is 10.5. The highest BCUT2D eigenvalue weighted by molar-refractivity contribution is 5.91. The van der Waals surface area contributed by atoms with Crippen LogP contribution >= 0.6 is 0 Å². The number of morpholine rings is 1. The van der Waals surface area contributed by atoms with E-state index in [0.717, 1.165) is 37.5 Å². The number of methoxy groups -OCH3 is 1. The topological polar surface area (TPSA) is 76.1 Å². The summed E-state index contributed by atoms with van der Waals surface area (Å²) in [6, 6.07) is 7.40. The summed E-state index contributed by atoms with van der Waals surface area (Å²) < 4.78 is 10.8.